The van der Waals surface area contributed by atoms with Gasteiger partial charge in [-0.05, 0) is 13.8 Å². The van der Waals surface area contributed by atoms with Crippen LogP contribution in [0.25, 0.3) is 0 Å². The lowest BCUT2D eigenvalue weighted by atomic mass is 10.3. The molecule has 0 aliphatic heterocycles. The predicted octanol–water partition coefficient (Wildman–Crippen LogP) is 0.197. The lowest BCUT2D eigenvalue weighted by Crippen LogP contribution is -2.19. The van der Waals surface area contributed by atoms with Gasteiger partial charge in [0.05, 0.1) is 0 Å². The van der Waals surface area contributed by atoms with Crippen LogP contribution < -0.4 is 0 Å². The number of carbonyl (C=O) groups is 1. The predicted molar refractivity (Wildman–Crippen MR) is 43.2 cm³/mol. The quantitative estimate of drug-likeness (QED) is 0.363. The van der Waals surface area contributed by atoms with E-state index in [4.69, 9.17) is 10.2 Å². The molecule has 1 unspecified atom stereocenters. The summed E-state index contributed by atoms with van der Waals surface area (Å²) >= 11 is 0. The molecule has 0 amide bonds. The van der Waals surface area contributed by atoms with Crippen molar-refractivity contribution in [2.24, 2.45) is 0 Å². The summed E-state index contributed by atoms with van der Waals surface area (Å²) in [6.45, 7) is 3.09. The highest BCUT2D eigenvalue weighted by Gasteiger charge is 2.10. The van der Waals surface area contributed by atoms with Crippen molar-refractivity contribution < 1.29 is 19.7 Å². The SMILES string of the molecule is CC=C(C)C(=O)OC(O)CCO. The molecule has 0 aliphatic carbocycles. The van der Waals surface area contributed by atoms with E-state index in [1.54, 1.807) is 19.9 Å². The molecule has 4 heteroatoms. The van der Waals surface area contributed by atoms with Gasteiger partial charge in [0.2, 0.25) is 6.29 Å². The van der Waals surface area contributed by atoms with Gasteiger partial charge in [-0.2, -0.15) is 0 Å². The van der Waals surface area contributed by atoms with Gasteiger partial charge in [0.25, 0.3) is 0 Å². The fourth-order valence-corrected chi connectivity index (χ4v) is 0.504. The maximum Gasteiger partial charge on any atom is 0.335 e. The first kappa shape index (κ1) is 11.1. The van der Waals surface area contributed by atoms with E-state index in [-0.39, 0.29) is 13.0 Å². The Labute approximate surface area is 71.5 Å². The van der Waals surface area contributed by atoms with Crippen molar-refractivity contribution in [3.05, 3.63) is 11.6 Å². The van der Waals surface area contributed by atoms with Crippen LogP contribution in [0.15, 0.2) is 11.6 Å². The third-order valence-corrected chi connectivity index (χ3v) is 1.37. The number of carbonyl (C=O) groups excluding carboxylic acids is 1. The molecule has 0 saturated heterocycles. The molecule has 1 atom stereocenters. The highest BCUT2D eigenvalue weighted by Crippen LogP contribution is 2.00. The van der Waals surface area contributed by atoms with E-state index in [1.807, 2.05) is 0 Å². The second kappa shape index (κ2) is 5.74. The number of aliphatic hydroxyl groups is 2. The van der Waals surface area contributed by atoms with Crippen molar-refractivity contribution in [3.63, 3.8) is 0 Å². The van der Waals surface area contributed by atoms with Crippen molar-refractivity contribution in [3.8, 4) is 0 Å². The van der Waals surface area contributed by atoms with E-state index in [2.05, 4.69) is 4.74 Å². The van der Waals surface area contributed by atoms with E-state index >= 15 is 0 Å². The maximum absolute atomic E-state index is 10.9. The molecule has 0 heterocycles. The molecule has 4 nitrogen and oxygen atoms in total. The number of hydrogen-bond donors (Lipinski definition) is 2. The van der Waals surface area contributed by atoms with Crippen LogP contribution in [0.1, 0.15) is 20.3 Å². The zero-order chi connectivity index (χ0) is 9.56. The van der Waals surface area contributed by atoms with Gasteiger partial charge in [0.15, 0.2) is 0 Å². The number of allylic oxidation sites excluding steroid dienone is 1. The molecule has 0 radical (unpaired) electrons. The van der Waals surface area contributed by atoms with E-state index in [1.165, 1.54) is 0 Å². The fourth-order valence-electron chi connectivity index (χ4n) is 0.504. The molecule has 0 fully saturated rings. The lowest BCUT2D eigenvalue weighted by Gasteiger charge is -2.10. The van der Waals surface area contributed by atoms with Crippen LogP contribution in [0.4, 0.5) is 0 Å². The summed E-state index contributed by atoms with van der Waals surface area (Å²) in [6.07, 6.45) is 0.425. The Balaban J connectivity index is 3.84. The second-order valence-corrected chi connectivity index (χ2v) is 2.34. The van der Waals surface area contributed by atoms with Crippen LogP contribution in [-0.4, -0.2) is 29.1 Å². The smallest absolute Gasteiger partial charge is 0.335 e. The van der Waals surface area contributed by atoms with E-state index in [0.717, 1.165) is 0 Å². The topological polar surface area (TPSA) is 66.8 Å². The highest BCUT2D eigenvalue weighted by molar-refractivity contribution is 5.87. The Bertz CT molecular complexity index is 174. The maximum atomic E-state index is 10.9. The van der Waals surface area contributed by atoms with E-state index in [0.29, 0.717) is 5.57 Å². The third-order valence-electron chi connectivity index (χ3n) is 1.37. The molecule has 0 bridgehead atoms. The molecule has 0 rings (SSSR count). The number of hydrogen-bond acceptors (Lipinski definition) is 4. The van der Waals surface area contributed by atoms with Gasteiger partial charge >= 0.3 is 5.97 Å². The molecule has 0 saturated carbocycles. The second-order valence-electron chi connectivity index (χ2n) is 2.34. The fraction of sp³-hybridized carbons (Fsp3) is 0.625. The first-order chi connectivity index (χ1) is 5.61. The monoisotopic (exact) mass is 174 g/mol. The summed E-state index contributed by atoms with van der Waals surface area (Å²) in [5.74, 6) is -0.557. The first-order valence-electron chi connectivity index (χ1n) is 3.74. The zero-order valence-electron chi connectivity index (χ0n) is 7.28. The van der Waals surface area contributed by atoms with Gasteiger partial charge in [-0.25, -0.2) is 4.79 Å². The van der Waals surface area contributed by atoms with Crippen LogP contribution in [0.3, 0.4) is 0 Å². The summed E-state index contributed by atoms with van der Waals surface area (Å²) in [6, 6.07) is 0. The Morgan fingerprint density at radius 3 is 2.67 bits per heavy atom. The summed E-state index contributed by atoms with van der Waals surface area (Å²) in [7, 11) is 0. The van der Waals surface area contributed by atoms with E-state index < -0.39 is 12.3 Å². The first-order valence-corrected chi connectivity index (χ1v) is 3.74. The molecule has 0 aromatic rings. The van der Waals surface area contributed by atoms with Crippen molar-refractivity contribution in [2.45, 2.75) is 26.6 Å². The molecule has 12 heavy (non-hydrogen) atoms. The number of rotatable bonds is 4. The number of ether oxygens (including phenoxy) is 1. The van der Waals surface area contributed by atoms with Crippen molar-refractivity contribution >= 4 is 5.97 Å². The number of esters is 1. The molecule has 2 N–H and O–H groups in total. The summed E-state index contributed by atoms with van der Waals surface area (Å²) in [5.41, 5.74) is 0.437. The van der Waals surface area contributed by atoms with Crippen LogP contribution in [0, 0.1) is 0 Å². The molecule has 0 aromatic heterocycles. The van der Waals surface area contributed by atoms with Gasteiger partial charge in [-0.1, -0.05) is 6.08 Å². The molecule has 0 aromatic carbocycles. The minimum atomic E-state index is -1.21. The summed E-state index contributed by atoms with van der Waals surface area (Å²) in [4.78, 5) is 10.9. The molecule has 0 aliphatic rings. The standard InChI is InChI=1S/C8H14O4/c1-3-6(2)8(11)12-7(10)4-5-9/h3,7,9-10H,4-5H2,1-2H3. The van der Waals surface area contributed by atoms with Crippen LogP contribution in [-0.2, 0) is 9.53 Å². The summed E-state index contributed by atoms with van der Waals surface area (Å²) in [5, 5.41) is 17.3. The minimum absolute atomic E-state index is 0.0444. The largest absolute Gasteiger partial charge is 0.433 e. The van der Waals surface area contributed by atoms with Gasteiger partial charge in [0.1, 0.15) is 0 Å². The van der Waals surface area contributed by atoms with Crippen LogP contribution in [0.5, 0.6) is 0 Å². The van der Waals surface area contributed by atoms with Crippen molar-refractivity contribution in [2.75, 3.05) is 6.61 Å². The van der Waals surface area contributed by atoms with Gasteiger partial charge in [0, 0.05) is 18.6 Å². The van der Waals surface area contributed by atoms with Gasteiger partial charge in [-0.15, -0.1) is 0 Å². The van der Waals surface area contributed by atoms with Crippen molar-refractivity contribution in [1.82, 2.24) is 0 Å². The Hall–Kier alpha value is -0.870. The average molecular weight is 174 g/mol. The normalized spacial score (nSPS) is 14.2. The minimum Gasteiger partial charge on any atom is -0.433 e. The van der Waals surface area contributed by atoms with Gasteiger partial charge < -0.3 is 14.9 Å². The zero-order valence-corrected chi connectivity index (χ0v) is 7.28. The number of aliphatic hydroxyl groups excluding tert-OH is 2. The van der Waals surface area contributed by atoms with E-state index in [9.17, 15) is 4.79 Å². The molecular weight excluding hydrogens is 160 g/mol. The van der Waals surface area contributed by atoms with Crippen molar-refractivity contribution in [1.29, 1.82) is 0 Å². The average Bonchev–Trinajstić information content (AvgIpc) is 2.03. The van der Waals surface area contributed by atoms with Gasteiger partial charge in [-0.3, -0.25) is 0 Å². The van der Waals surface area contributed by atoms with Crippen LogP contribution in [0.2, 0.25) is 0 Å². The molecular formula is C8H14O4. The highest BCUT2D eigenvalue weighted by atomic mass is 16.6. The third kappa shape index (κ3) is 4.10. The molecule has 70 valence electrons. The Morgan fingerprint density at radius 1 is 1.67 bits per heavy atom. The Morgan fingerprint density at radius 2 is 2.25 bits per heavy atom. The molecule has 0 spiro atoms. The summed E-state index contributed by atoms with van der Waals surface area (Å²) < 4.78 is 4.53. The lowest BCUT2D eigenvalue weighted by molar-refractivity contribution is -0.164. The Kier molecular flexibility index (Phi) is 5.32. The van der Waals surface area contributed by atoms with Crippen LogP contribution >= 0.6 is 0 Å².